The summed E-state index contributed by atoms with van der Waals surface area (Å²) >= 11 is 0. The minimum absolute atomic E-state index is 0.246. The molecular formula is C15H29N3O. The first-order valence-corrected chi connectivity index (χ1v) is 8.06. The summed E-state index contributed by atoms with van der Waals surface area (Å²) in [5, 5.41) is 0. The molecule has 2 saturated heterocycles. The van der Waals surface area contributed by atoms with E-state index in [0.717, 1.165) is 38.8 Å². The Hall–Kier alpha value is -0.160. The fraction of sp³-hybridized carbons (Fsp3) is 1.00. The van der Waals surface area contributed by atoms with Crippen LogP contribution in [0.1, 0.15) is 32.1 Å². The summed E-state index contributed by atoms with van der Waals surface area (Å²) in [7, 11) is 0. The van der Waals surface area contributed by atoms with Gasteiger partial charge in [0.1, 0.15) is 0 Å². The largest absolute Gasteiger partial charge is 0.381 e. The molecule has 2 N–H and O–H groups in total. The molecule has 2 aliphatic heterocycles. The number of rotatable bonds is 4. The van der Waals surface area contributed by atoms with Gasteiger partial charge in [0.25, 0.3) is 0 Å². The minimum Gasteiger partial charge on any atom is -0.381 e. The fourth-order valence-electron chi connectivity index (χ4n) is 4.03. The predicted octanol–water partition coefficient (Wildman–Crippen LogP) is 0.912. The van der Waals surface area contributed by atoms with Crippen LogP contribution in [0.25, 0.3) is 0 Å². The van der Waals surface area contributed by atoms with Gasteiger partial charge in [-0.05, 0) is 19.3 Å². The van der Waals surface area contributed by atoms with Gasteiger partial charge in [0.05, 0.1) is 6.61 Å². The molecule has 3 fully saturated rings. The van der Waals surface area contributed by atoms with Gasteiger partial charge in [0, 0.05) is 57.3 Å². The third-order valence-corrected chi connectivity index (χ3v) is 5.42. The van der Waals surface area contributed by atoms with Crippen LogP contribution in [0.5, 0.6) is 0 Å². The normalized spacial score (nSPS) is 35.2. The van der Waals surface area contributed by atoms with Gasteiger partial charge in [-0.1, -0.05) is 12.8 Å². The van der Waals surface area contributed by atoms with E-state index in [1.165, 1.54) is 51.9 Å². The quantitative estimate of drug-likeness (QED) is 0.822. The molecule has 1 atom stereocenters. The Kier molecular flexibility index (Phi) is 4.42. The van der Waals surface area contributed by atoms with Crippen molar-refractivity contribution in [1.29, 1.82) is 0 Å². The molecule has 1 aliphatic carbocycles. The van der Waals surface area contributed by atoms with Crippen LogP contribution in [0, 0.1) is 5.41 Å². The van der Waals surface area contributed by atoms with Crippen molar-refractivity contribution in [2.75, 3.05) is 52.5 Å². The monoisotopic (exact) mass is 267 g/mol. The zero-order valence-electron chi connectivity index (χ0n) is 12.1. The van der Waals surface area contributed by atoms with Crippen molar-refractivity contribution in [3.05, 3.63) is 0 Å². The lowest BCUT2D eigenvalue weighted by molar-refractivity contribution is 0.0589. The van der Waals surface area contributed by atoms with E-state index in [2.05, 4.69) is 9.80 Å². The SMILES string of the molecule is NCC1(CN2CCN(C3CCCC3)CC2)CCOC1. The average molecular weight is 267 g/mol. The van der Waals surface area contributed by atoms with Gasteiger partial charge in [0.2, 0.25) is 0 Å². The van der Waals surface area contributed by atoms with Crippen LogP contribution in [0.3, 0.4) is 0 Å². The van der Waals surface area contributed by atoms with Gasteiger partial charge in [0.15, 0.2) is 0 Å². The number of hydrogen-bond acceptors (Lipinski definition) is 4. The van der Waals surface area contributed by atoms with Gasteiger partial charge >= 0.3 is 0 Å². The number of piperazine rings is 1. The summed E-state index contributed by atoms with van der Waals surface area (Å²) in [6.07, 6.45) is 6.89. The molecule has 0 aromatic carbocycles. The predicted molar refractivity (Wildman–Crippen MR) is 77.2 cm³/mol. The van der Waals surface area contributed by atoms with Crippen molar-refractivity contribution in [1.82, 2.24) is 9.80 Å². The van der Waals surface area contributed by atoms with Gasteiger partial charge in [-0.2, -0.15) is 0 Å². The van der Waals surface area contributed by atoms with Crippen LogP contribution < -0.4 is 5.73 Å². The molecule has 3 aliphatic rings. The minimum atomic E-state index is 0.246. The Morgan fingerprint density at radius 3 is 2.42 bits per heavy atom. The Morgan fingerprint density at radius 1 is 1.11 bits per heavy atom. The first kappa shape index (κ1) is 13.8. The molecule has 110 valence electrons. The summed E-state index contributed by atoms with van der Waals surface area (Å²) in [5.74, 6) is 0. The number of hydrogen-bond donors (Lipinski definition) is 1. The summed E-state index contributed by atoms with van der Waals surface area (Å²) in [6.45, 7) is 8.64. The lowest BCUT2D eigenvalue weighted by Gasteiger charge is -2.41. The molecule has 3 rings (SSSR count). The van der Waals surface area contributed by atoms with Crippen molar-refractivity contribution >= 4 is 0 Å². The van der Waals surface area contributed by atoms with E-state index < -0.39 is 0 Å². The van der Waals surface area contributed by atoms with E-state index >= 15 is 0 Å². The highest BCUT2D eigenvalue weighted by molar-refractivity contribution is 4.90. The maximum Gasteiger partial charge on any atom is 0.0547 e. The molecule has 2 heterocycles. The van der Waals surface area contributed by atoms with Crippen LogP contribution in [-0.2, 0) is 4.74 Å². The van der Waals surface area contributed by atoms with E-state index in [4.69, 9.17) is 10.5 Å². The van der Waals surface area contributed by atoms with E-state index in [1.54, 1.807) is 0 Å². The Morgan fingerprint density at radius 2 is 1.84 bits per heavy atom. The molecule has 0 spiro atoms. The maximum atomic E-state index is 6.00. The highest BCUT2D eigenvalue weighted by Crippen LogP contribution is 2.29. The lowest BCUT2D eigenvalue weighted by atomic mass is 9.86. The summed E-state index contributed by atoms with van der Waals surface area (Å²) in [5.41, 5.74) is 6.24. The Balaban J connectivity index is 1.47. The molecule has 4 nitrogen and oxygen atoms in total. The van der Waals surface area contributed by atoms with Gasteiger partial charge in [-0.25, -0.2) is 0 Å². The van der Waals surface area contributed by atoms with Crippen LogP contribution in [0.15, 0.2) is 0 Å². The first-order valence-electron chi connectivity index (χ1n) is 8.06. The van der Waals surface area contributed by atoms with Crippen LogP contribution in [-0.4, -0.2) is 68.3 Å². The second-order valence-electron chi connectivity index (χ2n) is 6.76. The second kappa shape index (κ2) is 6.08. The second-order valence-corrected chi connectivity index (χ2v) is 6.76. The topological polar surface area (TPSA) is 41.7 Å². The van der Waals surface area contributed by atoms with Crippen molar-refractivity contribution in [3.8, 4) is 0 Å². The van der Waals surface area contributed by atoms with Gasteiger partial charge in [-0.15, -0.1) is 0 Å². The van der Waals surface area contributed by atoms with Crippen molar-refractivity contribution in [3.63, 3.8) is 0 Å². The van der Waals surface area contributed by atoms with E-state index in [9.17, 15) is 0 Å². The molecule has 0 bridgehead atoms. The van der Waals surface area contributed by atoms with Crippen molar-refractivity contribution in [2.45, 2.75) is 38.1 Å². The van der Waals surface area contributed by atoms with E-state index in [0.29, 0.717) is 0 Å². The van der Waals surface area contributed by atoms with Gasteiger partial charge < -0.3 is 15.4 Å². The highest BCUT2D eigenvalue weighted by atomic mass is 16.5. The fourth-order valence-corrected chi connectivity index (χ4v) is 4.03. The molecule has 1 saturated carbocycles. The van der Waals surface area contributed by atoms with E-state index in [-0.39, 0.29) is 5.41 Å². The molecule has 19 heavy (non-hydrogen) atoms. The molecular weight excluding hydrogens is 238 g/mol. The first-order chi connectivity index (χ1) is 9.31. The Labute approximate surface area is 117 Å². The van der Waals surface area contributed by atoms with Crippen LogP contribution >= 0.6 is 0 Å². The average Bonchev–Trinajstić information content (AvgIpc) is 3.11. The van der Waals surface area contributed by atoms with E-state index in [1.807, 2.05) is 0 Å². The van der Waals surface area contributed by atoms with Gasteiger partial charge in [-0.3, -0.25) is 4.90 Å². The summed E-state index contributed by atoms with van der Waals surface area (Å²) in [4.78, 5) is 5.34. The maximum absolute atomic E-state index is 6.00. The standard InChI is InChI=1S/C15H29N3O/c16-11-15(5-10-19-13-15)12-17-6-8-18(9-7-17)14-3-1-2-4-14/h14H,1-13,16H2. The summed E-state index contributed by atoms with van der Waals surface area (Å²) in [6, 6.07) is 0.889. The molecule has 0 aromatic rings. The van der Waals surface area contributed by atoms with Crippen molar-refractivity contribution in [2.24, 2.45) is 11.1 Å². The number of nitrogens with zero attached hydrogens (tertiary/aromatic N) is 2. The van der Waals surface area contributed by atoms with Crippen molar-refractivity contribution < 1.29 is 4.74 Å². The Bertz CT molecular complexity index is 277. The third-order valence-electron chi connectivity index (χ3n) is 5.42. The lowest BCUT2D eigenvalue weighted by Crippen LogP contribution is -2.53. The number of nitrogens with two attached hydrogens (primary N) is 1. The zero-order valence-corrected chi connectivity index (χ0v) is 12.1. The molecule has 1 unspecified atom stereocenters. The molecule has 0 aromatic heterocycles. The third kappa shape index (κ3) is 3.13. The smallest absolute Gasteiger partial charge is 0.0547 e. The van der Waals surface area contributed by atoms with Crippen LogP contribution in [0.4, 0.5) is 0 Å². The molecule has 0 amide bonds. The highest BCUT2D eigenvalue weighted by Gasteiger charge is 2.36. The van der Waals surface area contributed by atoms with Crippen LogP contribution in [0.2, 0.25) is 0 Å². The summed E-state index contributed by atoms with van der Waals surface area (Å²) < 4.78 is 5.58. The number of ether oxygens (including phenoxy) is 1. The zero-order chi connectivity index (χ0) is 13.1. The molecule has 0 radical (unpaired) electrons. The molecule has 4 heteroatoms.